The van der Waals surface area contributed by atoms with Crippen LogP contribution in [-0.4, -0.2) is 12.4 Å². The Labute approximate surface area is 92.6 Å². The number of hydrogen-bond donors (Lipinski definition) is 0. The molecule has 15 heavy (non-hydrogen) atoms. The van der Waals surface area contributed by atoms with Crippen LogP contribution in [0, 0.1) is 5.41 Å². The van der Waals surface area contributed by atoms with E-state index < -0.39 is 5.41 Å². The fraction of sp³-hybridized carbons (Fsp3) is 0.308. The highest BCUT2D eigenvalue weighted by atomic mass is 16.5. The van der Waals surface area contributed by atoms with Crippen molar-refractivity contribution in [3.05, 3.63) is 50.8 Å². The van der Waals surface area contributed by atoms with Crippen LogP contribution in [0.5, 0.6) is 0 Å². The molecule has 0 rings (SSSR count). The van der Waals surface area contributed by atoms with Crippen LogP contribution in [-0.2, 0) is 9.53 Å². The van der Waals surface area contributed by atoms with E-state index in [1.54, 1.807) is 12.2 Å². The molecule has 2 heteroatoms. The van der Waals surface area contributed by atoms with Crippen LogP contribution in [0.25, 0.3) is 0 Å². The Morgan fingerprint density at radius 3 is 1.93 bits per heavy atom. The van der Waals surface area contributed by atoms with Gasteiger partial charge in [0.25, 0.3) is 0 Å². The van der Waals surface area contributed by atoms with Crippen LogP contribution in [0.1, 0.15) is 13.8 Å². The second-order valence-corrected chi connectivity index (χ2v) is 3.28. The molecule has 0 radical (unpaired) electrons. The van der Waals surface area contributed by atoms with Crippen molar-refractivity contribution in [3.63, 3.8) is 0 Å². The molecule has 0 amide bonds. The third-order valence-corrected chi connectivity index (χ3v) is 1.66. The lowest BCUT2D eigenvalue weighted by Gasteiger charge is -2.13. The van der Waals surface area contributed by atoms with Gasteiger partial charge in [0.2, 0.25) is 0 Å². The third-order valence-electron chi connectivity index (χ3n) is 1.66. The van der Waals surface area contributed by atoms with Gasteiger partial charge in [0.05, 0.1) is 6.26 Å². The summed E-state index contributed by atoms with van der Waals surface area (Å²) >= 11 is 0. The van der Waals surface area contributed by atoms with E-state index in [1.807, 2.05) is 13.8 Å². The number of ketones is 1. The Balaban J connectivity index is 0. The van der Waals surface area contributed by atoms with Gasteiger partial charge in [0.1, 0.15) is 6.61 Å². The molecule has 0 fully saturated rings. The lowest BCUT2D eigenvalue weighted by atomic mass is 9.88. The summed E-state index contributed by atoms with van der Waals surface area (Å²) < 4.78 is 4.63. The van der Waals surface area contributed by atoms with Gasteiger partial charge < -0.3 is 4.74 Å². The molecule has 0 aliphatic heterocycles. The second-order valence-electron chi connectivity index (χ2n) is 3.28. The van der Waals surface area contributed by atoms with Crippen LogP contribution in [0.4, 0.5) is 0 Å². The molecule has 0 saturated heterocycles. The maximum absolute atomic E-state index is 10.9. The number of rotatable bonds is 6. The number of allylic oxidation sites excluding steroid dienone is 2. The highest BCUT2D eigenvalue weighted by Gasteiger charge is 2.19. The van der Waals surface area contributed by atoms with Crippen LogP contribution in [0.15, 0.2) is 50.8 Å². The largest absolute Gasteiger partial charge is 0.498 e. The summed E-state index contributed by atoms with van der Waals surface area (Å²) in [5.74, 6) is 0.0116. The molecule has 2 nitrogen and oxygen atoms in total. The fourth-order valence-corrected chi connectivity index (χ4v) is 0.500. The Bertz CT molecular complexity index is 229. The van der Waals surface area contributed by atoms with Crippen LogP contribution >= 0.6 is 0 Å². The van der Waals surface area contributed by atoms with Gasteiger partial charge in [-0.1, -0.05) is 31.9 Å². The minimum Gasteiger partial charge on any atom is -0.498 e. The van der Waals surface area contributed by atoms with Gasteiger partial charge >= 0.3 is 0 Å². The van der Waals surface area contributed by atoms with Gasteiger partial charge in [-0.2, -0.15) is 0 Å². The van der Waals surface area contributed by atoms with Crippen molar-refractivity contribution >= 4 is 5.78 Å². The topological polar surface area (TPSA) is 26.3 Å². The molecule has 0 spiro atoms. The molecule has 0 aliphatic carbocycles. The maximum atomic E-state index is 10.9. The van der Waals surface area contributed by atoms with Crippen molar-refractivity contribution in [1.82, 2.24) is 0 Å². The maximum Gasteiger partial charge on any atom is 0.164 e. The SMILES string of the molecule is C=CC(=O)C(C)(C)C=C.C=CCOC=C. The summed E-state index contributed by atoms with van der Waals surface area (Å²) in [6.07, 6.45) is 6.00. The summed E-state index contributed by atoms with van der Waals surface area (Å²) in [5, 5.41) is 0. The van der Waals surface area contributed by atoms with Crippen molar-refractivity contribution in [3.8, 4) is 0 Å². The summed E-state index contributed by atoms with van der Waals surface area (Å²) in [6, 6.07) is 0. The van der Waals surface area contributed by atoms with Crippen molar-refractivity contribution in [2.75, 3.05) is 6.61 Å². The quantitative estimate of drug-likeness (QED) is 0.290. The van der Waals surface area contributed by atoms with Crippen LogP contribution in [0.2, 0.25) is 0 Å². The number of hydrogen-bond acceptors (Lipinski definition) is 2. The van der Waals surface area contributed by atoms with Crippen molar-refractivity contribution in [1.29, 1.82) is 0 Å². The van der Waals surface area contributed by atoms with Gasteiger partial charge in [-0.25, -0.2) is 0 Å². The minimum atomic E-state index is -0.443. The third kappa shape index (κ3) is 8.75. The number of carbonyl (C=O) groups excluding carboxylic acids is 1. The van der Waals surface area contributed by atoms with Gasteiger partial charge in [-0.3, -0.25) is 4.79 Å². The van der Waals surface area contributed by atoms with Gasteiger partial charge in [-0.15, -0.1) is 6.58 Å². The Morgan fingerprint density at radius 1 is 1.27 bits per heavy atom. The predicted molar refractivity (Wildman–Crippen MR) is 65.5 cm³/mol. The number of ether oxygens (including phenoxy) is 1. The van der Waals surface area contributed by atoms with E-state index in [2.05, 4.69) is 31.1 Å². The average Bonchev–Trinajstić information content (AvgIpc) is 2.25. The molecule has 0 aliphatic rings. The van der Waals surface area contributed by atoms with Gasteiger partial charge in [-0.05, 0) is 19.9 Å². The van der Waals surface area contributed by atoms with E-state index in [1.165, 1.54) is 12.3 Å². The lowest BCUT2D eigenvalue weighted by molar-refractivity contribution is -0.120. The van der Waals surface area contributed by atoms with Crippen molar-refractivity contribution < 1.29 is 9.53 Å². The van der Waals surface area contributed by atoms with E-state index in [4.69, 9.17) is 0 Å². The van der Waals surface area contributed by atoms with Gasteiger partial charge in [0.15, 0.2) is 5.78 Å². The molecule has 0 heterocycles. The van der Waals surface area contributed by atoms with Crippen LogP contribution in [0.3, 0.4) is 0 Å². The summed E-state index contributed by atoms with van der Waals surface area (Å²) in [4.78, 5) is 10.9. The second kappa shape index (κ2) is 9.00. The molecular weight excluding hydrogens is 188 g/mol. The molecule has 0 aromatic heterocycles. The molecule has 84 valence electrons. The predicted octanol–water partition coefficient (Wildman–Crippen LogP) is 3.29. The molecule has 0 unspecified atom stereocenters. The first-order valence-corrected chi connectivity index (χ1v) is 4.60. The minimum absolute atomic E-state index is 0.0116. The van der Waals surface area contributed by atoms with E-state index in [-0.39, 0.29) is 5.78 Å². The monoisotopic (exact) mass is 208 g/mol. The van der Waals surface area contributed by atoms with Crippen LogP contribution < -0.4 is 0 Å². The molecular formula is C13H20O2. The molecule has 0 aromatic carbocycles. The Hall–Kier alpha value is -1.57. The standard InChI is InChI=1S/C8H12O.C5H8O/c1-5-7(9)8(3,4)6-2;1-3-5-6-4-2/h5-6H,1-2H2,3-4H3;3-4H,1-2,5H2. The zero-order chi connectivity index (χ0) is 12.3. The lowest BCUT2D eigenvalue weighted by Crippen LogP contribution is -2.18. The molecule has 0 bridgehead atoms. The Morgan fingerprint density at radius 2 is 1.80 bits per heavy atom. The first-order chi connectivity index (χ1) is 6.96. The van der Waals surface area contributed by atoms with E-state index in [9.17, 15) is 4.79 Å². The van der Waals surface area contributed by atoms with E-state index >= 15 is 0 Å². The Kier molecular flexibility index (Phi) is 9.53. The summed E-state index contributed by atoms with van der Waals surface area (Å²) in [6.45, 7) is 17.8. The molecule has 0 aromatic rings. The summed E-state index contributed by atoms with van der Waals surface area (Å²) in [5.41, 5.74) is -0.443. The highest BCUT2D eigenvalue weighted by Crippen LogP contribution is 2.17. The van der Waals surface area contributed by atoms with E-state index in [0.717, 1.165) is 0 Å². The van der Waals surface area contributed by atoms with E-state index in [0.29, 0.717) is 6.61 Å². The zero-order valence-electron chi connectivity index (χ0n) is 9.66. The summed E-state index contributed by atoms with van der Waals surface area (Å²) in [7, 11) is 0. The van der Waals surface area contributed by atoms with Crippen molar-refractivity contribution in [2.24, 2.45) is 5.41 Å². The molecule has 0 saturated carbocycles. The normalized spacial score (nSPS) is 8.93. The molecule has 0 atom stereocenters. The van der Waals surface area contributed by atoms with Gasteiger partial charge in [0, 0.05) is 5.41 Å². The highest BCUT2D eigenvalue weighted by molar-refractivity contribution is 5.95. The average molecular weight is 208 g/mol. The number of carbonyl (C=O) groups is 1. The zero-order valence-corrected chi connectivity index (χ0v) is 9.66. The molecule has 0 N–H and O–H groups in total. The van der Waals surface area contributed by atoms with Crippen molar-refractivity contribution in [2.45, 2.75) is 13.8 Å². The first-order valence-electron chi connectivity index (χ1n) is 4.60. The smallest absolute Gasteiger partial charge is 0.164 e. The fourth-order valence-electron chi connectivity index (χ4n) is 0.500. The first kappa shape index (κ1) is 15.9.